The smallest absolute Gasteiger partial charge is 0.151 e. The Balaban J connectivity index is 3.07. The first-order chi connectivity index (χ1) is 3.85. The van der Waals surface area contributed by atoms with Gasteiger partial charge in [0.25, 0.3) is 0 Å². The summed E-state index contributed by atoms with van der Waals surface area (Å²) in [6.07, 6.45) is 0. The largest absolute Gasteiger partial charge is 0.364 e. The van der Waals surface area contributed by atoms with Gasteiger partial charge >= 0.3 is 0 Å². The predicted octanol–water partition coefficient (Wildman–Crippen LogP) is -0.741. The van der Waals surface area contributed by atoms with Crippen LogP contribution in [0.5, 0.6) is 0 Å². The van der Waals surface area contributed by atoms with Gasteiger partial charge in [-0.2, -0.15) is 10.8 Å². The summed E-state index contributed by atoms with van der Waals surface area (Å²) >= 11 is 0. The van der Waals surface area contributed by atoms with E-state index in [2.05, 4.69) is 14.5 Å². The van der Waals surface area contributed by atoms with Crippen LogP contribution in [0.3, 0.4) is 0 Å². The molecule has 0 heterocycles. The van der Waals surface area contributed by atoms with Gasteiger partial charge in [-0.05, 0) is 5.23 Å². The first-order valence-corrected chi connectivity index (χ1v) is 2.02. The predicted molar refractivity (Wildman–Crippen MR) is 26.0 cm³/mol. The lowest BCUT2D eigenvalue weighted by Crippen LogP contribution is -2.28. The van der Waals surface area contributed by atoms with Gasteiger partial charge in [0, 0.05) is 7.11 Å². The molecule has 8 heavy (non-hydrogen) atoms. The number of nitrogens with two attached hydrogens (primary N) is 1. The molecule has 0 aromatic rings. The second-order valence-corrected chi connectivity index (χ2v) is 1.04. The van der Waals surface area contributed by atoms with Crippen LogP contribution in [0.2, 0.25) is 0 Å². The average molecular weight is 122 g/mol. The van der Waals surface area contributed by atoms with Crippen LogP contribution in [0, 0.1) is 0 Å². The Bertz CT molecular complexity index is 47.8. The number of hydrogen-bond donors (Lipinski definition) is 1. The maximum absolute atomic E-state index is 4.69. The van der Waals surface area contributed by atoms with Crippen molar-refractivity contribution in [3.63, 3.8) is 0 Å². The number of hydrogen-bond acceptors (Lipinski definition) is 5. The summed E-state index contributed by atoms with van der Waals surface area (Å²) in [6.45, 7) is 0.188. The summed E-state index contributed by atoms with van der Waals surface area (Å²) in [5.41, 5.74) is 0. The summed E-state index contributed by atoms with van der Waals surface area (Å²) < 4.78 is 4.58. The first-order valence-electron chi connectivity index (χ1n) is 2.02. The van der Waals surface area contributed by atoms with Crippen molar-refractivity contribution < 1.29 is 14.5 Å². The molecule has 0 fully saturated rings. The Morgan fingerprint density at radius 3 is 2.25 bits per heavy atom. The zero-order chi connectivity index (χ0) is 6.41. The van der Waals surface area contributed by atoms with Crippen molar-refractivity contribution in [2.24, 2.45) is 5.90 Å². The van der Waals surface area contributed by atoms with E-state index in [1.807, 2.05) is 0 Å². The van der Waals surface area contributed by atoms with E-state index in [4.69, 9.17) is 5.90 Å². The minimum atomic E-state index is 0.188. The molecular formula is C3H10N2O3. The quantitative estimate of drug-likeness (QED) is 0.393. The average Bonchev–Trinajstić information content (AvgIpc) is 1.83. The van der Waals surface area contributed by atoms with Gasteiger partial charge in [0.2, 0.25) is 0 Å². The highest BCUT2D eigenvalue weighted by molar-refractivity contribution is 4.01. The SMILES string of the molecule is COCN(OC)ON. The van der Waals surface area contributed by atoms with E-state index in [-0.39, 0.29) is 6.73 Å². The Morgan fingerprint density at radius 2 is 2.12 bits per heavy atom. The molecule has 2 N–H and O–H groups in total. The third-order valence-corrected chi connectivity index (χ3v) is 0.556. The fourth-order valence-electron chi connectivity index (χ4n) is 0.232. The van der Waals surface area contributed by atoms with Crippen LogP contribution in [0.15, 0.2) is 0 Å². The molecule has 0 saturated heterocycles. The van der Waals surface area contributed by atoms with E-state index >= 15 is 0 Å². The minimum absolute atomic E-state index is 0.188. The molecule has 0 saturated carbocycles. The van der Waals surface area contributed by atoms with Gasteiger partial charge in [0.15, 0.2) is 6.73 Å². The summed E-state index contributed by atoms with van der Waals surface area (Å²) in [7, 11) is 2.93. The molecule has 0 bridgehead atoms. The lowest BCUT2D eigenvalue weighted by molar-refractivity contribution is -0.384. The molecule has 0 aliphatic rings. The third-order valence-electron chi connectivity index (χ3n) is 0.556. The second kappa shape index (κ2) is 4.95. The molecule has 0 atom stereocenters. The highest BCUT2D eigenvalue weighted by atomic mass is 17.0. The van der Waals surface area contributed by atoms with Crippen LogP contribution >= 0.6 is 0 Å². The molecule has 0 spiro atoms. The molecule has 0 radical (unpaired) electrons. The zero-order valence-electron chi connectivity index (χ0n) is 4.96. The number of methoxy groups -OCH3 is 1. The monoisotopic (exact) mass is 122 g/mol. The molecule has 0 aliphatic heterocycles. The van der Waals surface area contributed by atoms with Crippen molar-refractivity contribution in [1.29, 1.82) is 0 Å². The first kappa shape index (κ1) is 7.80. The maximum atomic E-state index is 4.69. The van der Waals surface area contributed by atoms with E-state index in [9.17, 15) is 0 Å². The van der Waals surface area contributed by atoms with Crippen LogP contribution in [0.4, 0.5) is 0 Å². The van der Waals surface area contributed by atoms with Crippen LogP contribution < -0.4 is 5.90 Å². The van der Waals surface area contributed by atoms with Crippen LogP contribution in [-0.2, 0) is 14.5 Å². The highest BCUT2D eigenvalue weighted by Crippen LogP contribution is 1.82. The van der Waals surface area contributed by atoms with Crippen LogP contribution in [-0.4, -0.2) is 26.2 Å². The number of rotatable bonds is 4. The molecule has 0 rings (SSSR count). The lowest BCUT2D eigenvalue weighted by Gasteiger charge is -2.12. The van der Waals surface area contributed by atoms with Crippen LogP contribution in [0.1, 0.15) is 0 Å². The molecule has 0 unspecified atom stereocenters. The molecule has 0 aliphatic carbocycles. The van der Waals surface area contributed by atoms with E-state index in [0.29, 0.717) is 0 Å². The van der Waals surface area contributed by atoms with Crippen molar-refractivity contribution in [3.8, 4) is 0 Å². The number of ether oxygens (including phenoxy) is 1. The van der Waals surface area contributed by atoms with Gasteiger partial charge < -0.3 is 4.74 Å². The molecule has 5 nitrogen and oxygen atoms in total. The Morgan fingerprint density at radius 1 is 1.50 bits per heavy atom. The van der Waals surface area contributed by atoms with Crippen LogP contribution in [0.25, 0.3) is 0 Å². The standard InChI is InChI=1S/C3H10N2O3/c1-6-3-5(7-2)8-4/h3-4H2,1-2H3. The van der Waals surface area contributed by atoms with Gasteiger partial charge in [-0.25, -0.2) is 0 Å². The van der Waals surface area contributed by atoms with Gasteiger partial charge in [-0.1, -0.05) is 0 Å². The van der Waals surface area contributed by atoms with E-state index in [1.54, 1.807) is 0 Å². The summed E-state index contributed by atoms with van der Waals surface area (Å²) in [5, 5.41) is 0.986. The normalized spacial score (nSPS) is 10.5. The maximum Gasteiger partial charge on any atom is 0.151 e. The van der Waals surface area contributed by atoms with E-state index in [1.165, 1.54) is 14.2 Å². The Labute approximate surface area is 47.8 Å². The molecule has 5 heteroatoms. The van der Waals surface area contributed by atoms with Crippen molar-refractivity contribution in [2.75, 3.05) is 21.0 Å². The van der Waals surface area contributed by atoms with Crippen molar-refractivity contribution >= 4 is 0 Å². The molecule has 0 amide bonds. The summed E-state index contributed by atoms with van der Waals surface area (Å²) in [4.78, 5) is 8.63. The van der Waals surface area contributed by atoms with Crippen molar-refractivity contribution in [2.45, 2.75) is 0 Å². The molecular weight excluding hydrogens is 112 g/mol. The fraction of sp³-hybridized carbons (Fsp3) is 1.00. The fourth-order valence-corrected chi connectivity index (χ4v) is 0.232. The van der Waals surface area contributed by atoms with Gasteiger partial charge in [-0.15, -0.1) is 0 Å². The topological polar surface area (TPSA) is 57.0 Å². The number of nitrogens with zero attached hydrogens (tertiary/aromatic N) is 1. The van der Waals surface area contributed by atoms with E-state index in [0.717, 1.165) is 5.23 Å². The van der Waals surface area contributed by atoms with E-state index < -0.39 is 0 Å². The van der Waals surface area contributed by atoms with Crippen molar-refractivity contribution in [1.82, 2.24) is 5.23 Å². The number of hydroxylamine groups is 2. The Kier molecular flexibility index (Phi) is 4.82. The summed E-state index contributed by atoms with van der Waals surface area (Å²) in [5.74, 6) is 4.69. The third kappa shape index (κ3) is 2.89. The van der Waals surface area contributed by atoms with Gasteiger partial charge in [0.05, 0.1) is 7.11 Å². The zero-order valence-corrected chi connectivity index (χ0v) is 4.96. The molecule has 50 valence electrons. The second-order valence-electron chi connectivity index (χ2n) is 1.04. The van der Waals surface area contributed by atoms with Gasteiger partial charge in [0.1, 0.15) is 0 Å². The van der Waals surface area contributed by atoms with Gasteiger partial charge in [-0.3, -0.25) is 4.84 Å². The Hall–Kier alpha value is -0.200. The minimum Gasteiger partial charge on any atom is -0.364 e. The summed E-state index contributed by atoms with van der Waals surface area (Å²) in [6, 6.07) is 0. The molecule has 0 aromatic heterocycles. The molecule has 0 aromatic carbocycles. The highest BCUT2D eigenvalue weighted by Gasteiger charge is 1.96. The lowest BCUT2D eigenvalue weighted by atomic mass is 11.3. The van der Waals surface area contributed by atoms with Crippen molar-refractivity contribution in [3.05, 3.63) is 0 Å².